The number of aliphatic hydroxyl groups is 3. The predicted octanol–water partition coefficient (Wildman–Crippen LogP) is -1.09. The number of thioether (sulfide) groups is 1. The van der Waals surface area contributed by atoms with Crippen LogP contribution < -0.4 is 5.32 Å². The monoisotopic (exact) mass is 249 g/mol. The van der Waals surface area contributed by atoms with Crippen LogP contribution in [-0.2, 0) is 4.74 Å². The van der Waals surface area contributed by atoms with E-state index < -0.39 is 29.9 Å². The summed E-state index contributed by atoms with van der Waals surface area (Å²) in [6.45, 7) is 0.916. The number of aliphatic hydroxyl groups excluding tert-OH is 3. The fourth-order valence-corrected chi connectivity index (χ4v) is 3.07. The average Bonchev–Trinajstić information content (AvgIpc) is 2.80. The number of hydrogen-bond acceptors (Lipinski definition) is 6. The molecule has 2 aliphatic heterocycles. The summed E-state index contributed by atoms with van der Waals surface area (Å²) in [6.07, 6.45) is 0.205. The van der Waals surface area contributed by atoms with Crippen molar-refractivity contribution in [3.63, 3.8) is 0 Å². The van der Waals surface area contributed by atoms with Crippen molar-refractivity contribution < 1.29 is 20.1 Å². The summed E-state index contributed by atoms with van der Waals surface area (Å²) in [5.41, 5.74) is -0.467. The molecule has 0 amide bonds. The van der Waals surface area contributed by atoms with E-state index in [0.29, 0.717) is 0 Å². The van der Waals surface area contributed by atoms with Crippen molar-refractivity contribution >= 4 is 11.8 Å². The Morgan fingerprint density at radius 3 is 2.50 bits per heavy atom. The van der Waals surface area contributed by atoms with E-state index in [2.05, 4.69) is 5.32 Å². The molecule has 16 heavy (non-hydrogen) atoms. The second kappa shape index (κ2) is 5.20. The van der Waals surface area contributed by atoms with Gasteiger partial charge in [0.15, 0.2) is 0 Å². The van der Waals surface area contributed by atoms with Gasteiger partial charge in [0.2, 0.25) is 0 Å². The molecule has 2 aliphatic rings. The van der Waals surface area contributed by atoms with Gasteiger partial charge in [-0.3, -0.25) is 0 Å². The smallest absolute Gasteiger partial charge is 0.132 e. The number of rotatable bonds is 2. The van der Waals surface area contributed by atoms with E-state index in [9.17, 15) is 15.3 Å². The minimum atomic E-state index is -1.13. The molecule has 0 radical (unpaired) electrons. The molecular formula is C10H19NO4S. The molecule has 0 spiro atoms. The molecule has 2 saturated heterocycles. The van der Waals surface area contributed by atoms with E-state index in [1.165, 1.54) is 11.8 Å². The van der Waals surface area contributed by atoms with E-state index in [-0.39, 0.29) is 6.04 Å². The van der Waals surface area contributed by atoms with Gasteiger partial charge < -0.3 is 25.4 Å². The van der Waals surface area contributed by atoms with Crippen LogP contribution in [0, 0.1) is 0 Å². The molecule has 4 N–H and O–H groups in total. The summed E-state index contributed by atoms with van der Waals surface area (Å²) >= 11 is 1.35. The summed E-state index contributed by atoms with van der Waals surface area (Å²) in [4.78, 5) is 0. The van der Waals surface area contributed by atoms with Gasteiger partial charge in [0.25, 0.3) is 0 Å². The van der Waals surface area contributed by atoms with E-state index in [4.69, 9.17) is 4.74 Å². The van der Waals surface area contributed by atoms with E-state index in [0.717, 1.165) is 19.4 Å². The van der Waals surface area contributed by atoms with Crippen LogP contribution in [0.1, 0.15) is 12.8 Å². The first-order chi connectivity index (χ1) is 7.65. The highest BCUT2D eigenvalue weighted by atomic mass is 32.2. The van der Waals surface area contributed by atoms with Gasteiger partial charge in [-0.25, -0.2) is 0 Å². The molecule has 6 unspecified atom stereocenters. The molecule has 0 bridgehead atoms. The Morgan fingerprint density at radius 1 is 1.19 bits per heavy atom. The van der Waals surface area contributed by atoms with Crippen molar-refractivity contribution in [2.45, 2.75) is 48.7 Å². The van der Waals surface area contributed by atoms with Crippen molar-refractivity contribution in [3.05, 3.63) is 0 Å². The maximum absolute atomic E-state index is 9.90. The minimum absolute atomic E-state index is 0.0757. The summed E-state index contributed by atoms with van der Waals surface area (Å²) < 4.78 is 5.65. The first-order valence-corrected chi connectivity index (χ1v) is 6.89. The van der Waals surface area contributed by atoms with Crippen LogP contribution in [-0.4, -0.2) is 64.0 Å². The number of hydrogen-bond donors (Lipinski definition) is 4. The summed E-state index contributed by atoms with van der Waals surface area (Å²) in [5.74, 6) is 0. The summed E-state index contributed by atoms with van der Waals surface area (Å²) in [5, 5.41) is 32.6. The average molecular weight is 249 g/mol. The van der Waals surface area contributed by atoms with Crippen molar-refractivity contribution in [1.82, 2.24) is 5.32 Å². The van der Waals surface area contributed by atoms with Crippen molar-refractivity contribution in [2.24, 2.45) is 0 Å². The van der Waals surface area contributed by atoms with Gasteiger partial charge >= 0.3 is 0 Å². The fraction of sp³-hybridized carbons (Fsp3) is 1.00. The third-order valence-corrected chi connectivity index (χ3v) is 4.19. The largest absolute Gasteiger partial charge is 0.388 e. The van der Waals surface area contributed by atoms with Crippen molar-refractivity contribution in [2.75, 3.05) is 12.8 Å². The molecule has 0 saturated carbocycles. The van der Waals surface area contributed by atoms with Gasteiger partial charge in [-0.1, -0.05) is 0 Å². The molecule has 5 nitrogen and oxygen atoms in total. The van der Waals surface area contributed by atoms with Crippen LogP contribution in [0.3, 0.4) is 0 Å². The molecule has 6 heteroatoms. The van der Waals surface area contributed by atoms with Crippen LogP contribution in [0.2, 0.25) is 0 Å². The van der Waals surface area contributed by atoms with E-state index >= 15 is 0 Å². The quantitative estimate of drug-likeness (QED) is 0.498. The molecular weight excluding hydrogens is 230 g/mol. The molecule has 2 rings (SSSR count). The first kappa shape index (κ1) is 12.6. The zero-order chi connectivity index (χ0) is 11.7. The first-order valence-electron chi connectivity index (χ1n) is 5.61. The molecule has 94 valence electrons. The highest BCUT2D eigenvalue weighted by Gasteiger charge is 2.46. The fourth-order valence-electron chi connectivity index (χ4n) is 2.39. The molecule has 0 aromatic carbocycles. The standard InChI is InChI=1S/C10H19NO4S/c1-16-10-8(14)6(12)7(13)9(15-10)5-3-2-4-11-5/h5-14H,2-4H2,1H3. The lowest BCUT2D eigenvalue weighted by Gasteiger charge is -2.42. The Bertz CT molecular complexity index is 235. The van der Waals surface area contributed by atoms with Crippen molar-refractivity contribution in [1.29, 1.82) is 0 Å². The Labute approximate surface area is 99.2 Å². The Morgan fingerprint density at radius 2 is 1.94 bits per heavy atom. The highest BCUT2D eigenvalue weighted by Crippen LogP contribution is 2.30. The maximum Gasteiger partial charge on any atom is 0.132 e. The van der Waals surface area contributed by atoms with Crippen LogP contribution in [0.15, 0.2) is 0 Å². The maximum atomic E-state index is 9.90. The van der Waals surface area contributed by atoms with Gasteiger partial charge in [0.05, 0.1) is 0 Å². The third-order valence-electron chi connectivity index (χ3n) is 3.33. The Hall–Kier alpha value is 0.150. The second-order valence-electron chi connectivity index (χ2n) is 4.38. The van der Waals surface area contributed by atoms with Crippen LogP contribution in [0.4, 0.5) is 0 Å². The van der Waals surface area contributed by atoms with Crippen LogP contribution in [0.5, 0.6) is 0 Å². The number of ether oxygens (including phenoxy) is 1. The Balaban J connectivity index is 2.06. The lowest BCUT2D eigenvalue weighted by molar-refractivity contribution is -0.203. The van der Waals surface area contributed by atoms with Crippen LogP contribution in [0.25, 0.3) is 0 Å². The molecule has 0 aromatic rings. The Kier molecular flexibility index (Phi) is 4.10. The second-order valence-corrected chi connectivity index (χ2v) is 5.32. The zero-order valence-electron chi connectivity index (χ0n) is 9.24. The lowest BCUT2D eigenvalue weighted by atomic mass is 9.94. The lowest BCUT2D eigenvalue weighted by Crippen LogP contribution is -2.61. The zero-order valence-corrected chi connectivity index (χ0v) is 10.1. The minimum Gasteiger partial charge on any atom is -0.388 e. The van der Waals surface area contributed by atoms with Crippen LogP contribution >= 0.6 is 11.8 Å². The topological polar surface area (TPSA) is 82.0 Å². The molecule has 2 heterocycles. The summed E-state index contributed by atoms with van der Waals surface area (Å²) in [7, 11) is 0. The molecule has 2 fully saturated rings. The van der Waals surface area contributed by atoms with E-state index in [1.54, 1.807) is 0 Å². The van der Waals surface area contributed by atoms with Crippen molar-refractivity contribution in [3.8, 4) is 0 Å². The van der Waals surface area contributed by atoms with Gasteiger partial charge in [-0.05, 0) is 25.6 Å². The van der Waals surface area contributed by atoms with Gasteiger partial charge in [0, 0.05) is 6.04 Å². The highest BCUT2D eigenvalue weighted by molar-refractivity contribution is 7.99. The molecule has 0 aliphatic carbocycles. The summed E-state index contributed by atoms with van der Waals surface area (Å²) in [6, 6.07) is 0.0757. The SMILES string of the molecule is CSC1OC(C2CCCN2)C(O)C(O)C1O. The predicted molar refractivity (Wildman–Crippen MR) is 61.2 cm³/mol. The number of nitrogens with one attached hydrogen (secondary N) is 1. The normalized spacial score (nSPS) is 49.5. The van der Waals surface area contributed by atoms with Gasteiger partial charge in [-0.15, -0.1) is 11.8 Å². The molecule has 0 aromatic heterocycles. The third kappa shape index (κ3) is 2.23. The van der Waals surface area contributed by atoms with Gasteiger partial charge in [0.1, 0.15) is 29.9 Å². The molecule has 6 atom stereocenters. The van der Waals surface area contributed by atoms with Gasteiger partial charge in [-0.2, -0.15) is 0 Å². The van der Waals surface area contributed by atoms with E-state index in [1.807, 2.05) is 6.26 Å².